The van der Waals surface area contributed by atoms with Gasteiger partial charge in [-0.25, -0.2) is 0 Å². The molecule has 126 valence electrons. The van der Waals surface area contributed by atoms with Crippen LogP contribution in [-0.4, -0.2) is 45.2 Å². The van der Waals surface area contributed by atoms with Gasteiger partial charge in [0.25, 0.3) is 5.91 Å². The third-order valence-corrected chi connectivity index (χ3v) is 4.50. The molecule has 1 aromatic heterocycles. The van der Waals surface area contributed by atoms with Crippen LogP contribution in [0.4, 0.5) is 0 Å². The molecule has 2 heterocycles. The highest BCUT2D eigenvalue weighted by molar-refractivity contribution is 6.30. The molecule has 1 aliphatic rings. The van der Waals surface area contributed by atoms with Crippen molar-refractivity contribution in [1.29, 1.82) is 0 Å². The normalized spacial score (nSPS) is 20.8. The zero-order chi connectivity index (χ0) is 17.3. The Balaban J connectivity index is 1.78. The van der Waals surface area contributed by atoms with Gasteiger partial charge in [-0.3, -0.25) is 14.7 Å². The molecule has 1 amide bonds. The average Bonchev–Trinajstić information content (AvgIpc) is 3.04. The molecule has 0 aliphatic carbocycles. The van der Waals surface area contributed by atoms with Gasteiger partial charge in [0.05, 0.1) is 11.6 Å². The lowest BCUT2D eigenvalue weighted by molar-refractivity contribution is -0.143. The molecule has 2 N–H and O–H groups in total. The van der Waals surface area contributed by atoms with Crippen LogP contribution in [0.15, 0.2) is 30.3 Å². The van der Waals surface area contributed by atoms with Gasteiger partial charge in [-0.1, -0.05) is 30.7 Å². The number of hydrogen-bond donors (Lipinski definition) is 2. The fourth-order valence-corrected chi connectivity index (χ4v) is 3.19. The Kier molecular flexibility index (Phi) is 4.57. The molecule has 2 unspecified atom stereocenters. The smallest absolute Gasteiger partial charge is 0.308 e. The van der Waals surface area contributed by atoms with Crippen molar-refractivity contribution in [1.82, 2.24) is 15.1 Å². The SMILES string of the molecule is CC1CC(C(=O)O)CN(C(=O)c2cc(-c3ccc(Cl)cc3)n[nH]2)C1. The van der Waals surface area contributed by atoms with E-state index in [0.29, 0.717) is 29.4 Å². The van der Waals surface area contributed by atoms with Gasteiger partial charge in [-0.15, -0.1) is 0 Å². The monoisotopic (exact) mass is 347 g/mol. The second-order valence-corrected chi connectivity index (χ2v) is 6.70. The first kappa shape index (κ1) is 16.5. The lowest BCUT2D eigenvalue weighted by Crippen LogP contribution is -2.45. The van der Waals surface area contributed by atoms with Crippen LogP contribution in [0.3, 0.4) is 0 Å². The zero-order valence-electron chi connectivity index (χ0n) is 13.2. The van der Waals surface area contributed by atoms with Crippen LogP contribution in [-0.2, 0) is 4.79 Å². The van der Waals surface area contributed by atoms with Crippen molar-refractivity contribution in [2.75, 3.05) is 13.1 Å². The van der Waals surface area contributed by atoms with Crippen LogP contribution in [0.1, 0.15) is 23.8 Å². The topological polar surface area (TPSA) is 86.3 Å². The van der Waals surface area contributed by atoms with Crippen molar-refractivity contribution < 1.29 is 14.7 Å². The number of aromatic nitrogens is 2. The van der Waals surface area contributed by atoms with Crippen LogP contribution in [0.25, 0.3) is 11.3 Å². The Labute approximate surface area is 144 Å². The Morgan fingerprint density at radius 3 is 2.67 bits per heavy atom. The van der Waals surface area contributed by atoms with E-state index in [1.807, 2.05) is 19.1 Å². The van der Waals surface area contributed by atoms with E-state index in [4.69, 9.17) is 11.6 Å². The summed E-state index contributed by atoms with van der Waals surface area (Å²) in [6, 6.07) is 8.86. The molecule has 0 bridgehead atoms. The van der Waals surface area contributed by atoms with Crippen LogP contribution < -0.4 is 0 Å². The summed E-state index contributed by atoms with van der Waals surface area (Å²) in [7, 11) is 0. The first-order valence-electron chi connectivity index (χ1n) is 7.77. The number of carboxylic acid groups (broad SMARTS) is 1. The third-order valence-electron chi connectivity index (χ3n) is 4.24. The number of likely N-dealkylation sites (tertiary alicyclic amines) is 1. The summed E-state index contributed by atoms with van der Waals surface area (Å²) in [5.41, 5.74) is 1.86. The molecular formula is C17H18ClN3O3. The summed E-state index contributed by atoms with van der Waals surface area (Å²) in [5.74, 6) is -1.44. The van der Waals surface area contributed by atoms with Crippen LogP contribution in [0.2, 0.25) is 5.02 Å². The molecule has 2 atom stereocenters. The molecule has 24 heavy (non-hydrogen) atoms. The molecule has 0 spiro atoms. The van der Waals surface area contributed by atoms with E-state index in [0.717, 1.165) is 5.56 Å². The first-order chi connectivity index (χ1) is 11.4. The van der Waals surface area contributed by atoms with Gasteiger partial charge in [0.1, 0.15) is 5.69 Å². The van der Waals surface area contributed by atoms with Crippen molar-refractivity contribution in [2.24, 2.45) is 11.8 Å². The number of aliphatic carboxylic acids is 1. The Bertz CT molecular complexity index is 757. The van der Waals surface area contributed by atoms with Crippen molar-refractivity contribution >= 4 is 23.5 Å². The van der Waals surface area contributed by atoms with E-state index >= 15 is 0 Å². The standard InChI is InChI=1S/C17H18ClN3O3/c1-10-6-12(17(23)24)9-21(8-10)16(22)15-7-14(19-20-15)11-2-4-13(18)5-3-11/h2-5,7,10,12H,6,8-9H2,1H3,(H,19,20)(H,23,24). The Hall–Kier alpha value is -2.34. The number of halogens is 1. The molecule has 6 nitrogen and oxygen atoms in total. The summed E-state index contributed by atoms with van der Waals surface area (Å²) < 4.78 is 0. The first-order valence-corrected chi connectivity index (χ1v) is 8.15. The molecule has 1 fully saturated rings. The largest absolute Gasteiger partial charge is 0.481 e. The van der Waals surface area contributed by atoms with E-state index in [-0.39, 0.29) is 18.4 Å². The minimum Gasteiger partial charge on any atom is -0.481 e. The number of carbonyl (C=O) groups excluding carboxylic acids is 1. The summed E-state index contributed by atoms with van der Waals surface area (Å²) in [6.07, 6.45) is 0.595. The number of aromatic amines is 1. The maximum absolute atomic E-state index is 12.7. The zero-order valence-corrected chi connectivity index (χ0v) is 14.0. The highest BCUT2D eigenvalue weighted by Crippen LogP contribution is 2.25. The molecule has 1 saturated heterocycles. The highest BCUT2D eigenvalue weighted by atomic mass is 35.5. The number of nitrogens with one attached hydrogen (secondary N) is 1. The molecule has 1 aromatic carbocycles. The number of carboxylic acids is 1. The van der Waals surface area contributed by atoms with E-state index < -0.39 is 11.9 Å². The molecule has 0 saturated carbocycles. The van der Waals surface area contributed by atoms with Gasteiger partial charge in [-0.05, 0) is 30.5 Å². The number of nitrogens with zero attached hydrogens (tertiary/aromatic N) is 2. The van der Waals surface area contributed by atoms with E-state index in [1.54, 1.807) is 23.1 Å². The molecule has 2 aromatic rings. The summed E-state index contributed by atoms with van der Waals surface area (Å²) in [5, 5.41) is 16.8. The van der Waals surface area contributed by atoms with E-state index in [9.17, 15) is 14.7 Å². The predicted molar refractivity (Wildman–Crippen MR) is 89.8 cm³/mol. The molecular weight excluding hydrogens is 330 g/mol. The third kappa shape index (κ3) is 3.43. The van der Waals surface area contributed by atoms with Gasteiger partial charge in [0, 0.05) is 23.7 Å². The van der Waals surface area contributed by atoms with Gasteiger partial charge in [0.2, 0.25) is 0 Å². The van der Waals surface area contributed by atoms with Gasteiger partial charge in [-0.2, -0.15) is 5.10 Å². The average molecular weight is 348 g/mol. The van der Waals surface area contributed by atoms with Crippen molar-refractivity contribution in [3.05, 3.63) is 41.0 Å². The van der Waals surface area contributed by atoms with Crippen LogP contribution >= 0.6 is 11.6 Å². The minimum absolute atomic E-state index is 0.155. The van der Waals surface area contributed by atoms with Gasteiger partial charge in [0.15, 0.2) is 0 Å². The quantitative estimate of drug-likeness (QED) is 0.893. The second kappa shape index (κ2) is 6.65. The number of H-pyrrole nitrogens is 1. The molecule has 0 radical (unpaired) electrons. The van der Waals surface area contributed by atoms with Gasteiger partial charge < -0.3 is 10.0 Å². The fourth-order valence-electron chi connectivity index (χ4n) is 3.07. The summed E-state index contributed by atoms with van der Waals surface area (Å²) in [4.78, 5) is 25.5. The number of amides is 1. The molecule has 1 aliphatic heterocycles. The molecule has 3 rings (SSSR count). The second-order valence-electron chi connectivity index (χ2n) is 6.26. The van der Waals surface area contributed by atoms with E-state index in [2.05, 4.69) is 10.2 Å². The van der Waals surface area contributed by atoms with Crippen LogP contribution in [0.5, 0.6) is 0 Å². The van der Waals surface area contributed by atoms with Crippen molar-refractivity contribution in [3.8, 4) is 11.3 Å². The fraction of sp³-hybridized carbons (Fsp3) is 0.353. The maximum Gasteiger partial charge on any atom is 0.308 e. The Morgan fingerprint density at radius 2 is 2.00 bits per heavy atom. The van der Waals surface area contributed by atoms with E-state index in [1.165, 1.54) is 0 Å². The number of carbonyl (C=O) groups is 2. The summed E-state index contributed by atoms with van der Waals surface area (Å²) in [6.45, 7) is 2.74. The van der Waals surface area contributed by atoms with Crippen molar-refractivity contribution in [2.45, 2.75) is 13.3 Å². The lowest BCUT2D eigenvalue weighted by atomic mass is 9.90. The lowest BCUT2D eigenvalue weighted by Gasteiger charge is -2.34. The minimum atomic E-state index is -0.856. The van der Waals surface area contributed by atoms with Crippen LogP contribution in [0, 0.1) is 11.8 Å². The van der Waals surface area contributed by atoms with Gasteiger partial charge >= 0.3 is 5.97 Å². The number of hydrogen-bond acceptors (Lipinski definition) is 3. The van der Waals surface area contributed by atoms with Crippen molar-refractivity contribution in [3.63, 3.8) is 0 Å². The molecule has 7 heteroatoms. The summed E-state index contributed by atoms with van der Waals surface area (Å²) >= 11 is 5.87. The number of piperidine rings is 1. The Morgan fingerprint density at radius 1 is 1.29 bits per heavy atom. The highest BCUT2D eigenvalue weighted by Gasteiger charge is 2.32. The predicted octanol–water partition coefficient (Wildman–Crippen LogP) is 2.91. The number of benzene rings is 1. The number of rotatable bonds is 3. The maximum atomic E-state index is 12.7.